The van der Waals surface area contributed by atoms with E-state index in [4.69, 9.17) is 9.99 Å². The zero-order chi connectivity index (χ0) is 8.91. The summed E-state index contributed by atoms with van der Waals surface area (Å²) in [7, 11) is 0. The molecule has 1 radical (unpaired) electrons. The van der Waals surface area contributed by atoms with E-state index in [-0.39, 0.29) is 6.42 Å². The van der Waals surface area contributed by atoms with Gasteiger partial charge in [0.1, 0.15) is 6.61 Å². The molecule has 0 fully saturated rings. The summed E-state index contributed by atoms with van der Waals surface area (Å²) in [5, 5.41) is 8.18. The molecule has 0 saturated heterocycles. The monoisotopic (exact) mass is 161 g/mol. The lowest BCUT2D eigenvalue weighted by Gasteiger charge is -2.16. The molecule has 0 atom stereocenters. The van der Waals surface area contributed by atoms with Crippen molar-refractivity contribution in [1.29, 1.82) is 0 Å². The second-order valence-corrected chi connectivity index (χ2v) is 3.06. The van der Waals surface area contributed by atoms with E-state index in [9.17, 15) is 4.79 Å². The van der Waals surface area contributed by atoms with Gasteiger partial charge >= 0.3 is 5.97 Å². The third-order valence-electron chi connectivity index (χ3n) is 0.624. The van der Waals surface area contributed by atoms with E-state index in [0.29, 0.717) is 0 Å². The van der Waals surface area contributed by atoms with Crippen LogP contribution in [-0.2, 0) is 14.6 Å². The molecule has 0 aromatic carbocycles. The summed E-state index contributed by atoms with van der Waals surface area (Å²) < 4.78 is 0. The van der Waals surface area contributed by atoms with Crippen molar-refractivity contribution >= 4 is 5.97 Å². The zero-order valence-electron chi connectivity index (χ0n) is 6.96. The van der Waals surface area contributed by atoms with Crippen LogP contribution in [0.25, 0.3) is 0 Å². The molecule has 0 amide bonds. The van der Waals surface area contributed by atoms with Crippen molar-refractivity contribution in [2.75, 3.05) is 0 Å². The second-order valence-electron chi connectivity index (χ2n) is 3.06. The Hall–Kier alpha value is -0.610. The maximum Gasteiger partial charge on any atom is 0.306 e. The van der Waals surface area contributed by atoms with E-state index in [0.717, 1.165) is 6.61 Å². The van der Waals surface area contributed by atoms with Crippen LogP contribution in [0, 0.1) is 6.61 Å². The third-order valence-corrected chi connectivity index (χ3v) is 0.624. The van der Waals surface area contributed by atoms with Gasteiger partial charge in [0.2, 0.25) is 0 Å². The van der Waals surface area contributed by atoms with Gasteiger partial charge in [0, 0.05) is 0 Å². The Morgan fingerprint density at radius 2 is 2.09 bits per heavy atom. The van der Waals surface area contributed by atoms with E-state index < -0.39 is 11.6 Å². The van der Waals surface area contributed by atoms with Gasteiger partial charge < -0.3 is 5.11 Å². The van der Waals surface area contributed by atoms with E-state index >= 15 is 0 Å². The lowest BCUT2D eigenvalue weighted by atomic mass is 10.2. The molecule has 1 N–H and O–H groups in total. The Kier molecular flexibility index (Phi) is 4.07. The SMILES string of the molecule is CC(C)(C)OO[CH]CC(=O)O. The summed E-state index contributed by atoms with van der Waals surface area (Å²) in [5.74, 6) is -0.942. The standard InChI is InChI=1S/C7H13O4/c1-7(2,3)11-10-5-4-6(8)9/h5H,4H2,1-3H3,(H,8,9). The number of rotatable bonds is 4. The predicted molar refractivity (Wildman–Crippen MR) is 38.5 cm³/mol. The van der Waals surface area contributed by atoms with Crippen LogP contribution in [0.3, 0.4) is 0 Å². The van der Waals surface area contributed by atoms with Crippen LogP contribution in [0.1, 0.15) is 27.2 Å². The summed E-state index contributed by atoms with van der Waals surface area (Å²) in [5.41, 5.74) is -0.408. The molecule has 0 saturated carbocycles. The van der Waals surface area contributed by atoms with Gasteiger partial charge in [-0.15, -0.1) is 0 Å². The van der Waals surface area contributed by atoms with E-state index in [1.165, 1.54) is 0 Å². The fourth-order valence-electron chi connectivity index (χ4n) is 0.284. The summed E-state index contributed by atoms with van der Waals surface area (Å²) >= 11 is 0. The number of carbonyl (C=O) groups is 1. The topological polar surface area (TPSA) is 55.8 Å². The maximum absolute atomic E-state index is 9.96. The van der Waals surface area contributed by atoms with Crippen molar-refractivity contribution in [2.24, 2.45) is 0 Å². The molecule has 0 aliphatic carbocycles. The van der Waals surface area contributed by atoms with Gasteiger partial charge in [0.15, 0.2) is 0 Å². The van der Waals surface area contributed by atoms with Gasteiger partial charge in [-0.05, 0) is 20.8 Å². The number of hydrogen-bond donors (Lipinski definition) is 1. The van der Waals surface area contributed by atoms with Crippen LogP contribution in [0.4, 0.5) is 0 Å². The van der Waals surface area contributed by atoms with Gasteiger partial charge in [-0.2, -0.15) is 0 Å². The fourth-order valence-corrected chi connectivity index (χ4v) is 0.284. The third kappa shape index (κ3) is 9.39. The number of aliphatic carboxylic acids is 1. The van der Waals surface area contributed by atoms with Crippen LogP contribution >= 0.6 is 0 Å². The van der Waals surface area contributed by atoms with E-state index in [1.54, 1.807) is 0 Å². The Morgan fingerprint density at radius 1 is 1.55 bits per heavy atom. The molecular formula is C7H13O4. The van der Waals surface area contributed by atoms with Gasteiger partial charge in [-0.25, -0.2) is 9.78 Å². The first kappa shape index (κ1) is 10.4. The summed E-state index contributed by atoms with van der Waals surface area (Å²) in [6.07, 6.45) is -0.157. The van der Waals surface area contributed by atoms with Gasteiger partial charge in [-0.1, -0.05) is 0 Å². The Morgan fingerprint density at radius 3 is 2.45 bits per heavy atom. The highest BCUT2D eigenvalue weighted by molar-refractivity contribution is 5.67. The van der Waals surface area contributed by atoms with Crippen molar-refractivity contribution < 1.29 is 19.7 Å². The Bertz CT molecular complexity index is 125. The van der Waals surface area contributed by atoms with Crippen LogP contribution < -0.4 is 0 Å². The number of hydrogen-bond acceptors (Lipinski definition) is 3. The molecule has 0 spiro atoms. The average molecular weight is 161 g/mol. The lowest BCUT2D eigenvalue weighted by molar-refractivity contribution is -0.327. The van der Waals surface area contributed by atoms with Crippen LogP contribution in [0.5, 0.6) is 0 Å². The molecule has 0 unspecified atom stereocenters. The molecular weight excluding hydrogens is 148 g/mol. The van der Waals surface area contributed by atoms with Crippen molar-refractivity contribution in [2.45, 2.75) is 32.8 Å². The summed E-state index contributed by atoms with van der Waals surface area (Å²) in [6, 6.07) is 0. The van der Waals surface area contributed by atoms with Crippen LogP contribution in [0.2, 0.25) is 0 Å². The largest absolute Gasteiger partial charge is 0.481 e. The lowest BCUT2D eigenvalue weighted by Crippen LogP contribution is -2.18. The van der Waals surface area contributed by atoms with Gasteiger partial charge in [0.25, 0.3) is 0 Å². The number of carboxylic acids is 1. The normalized spacial score (nSPS) is 11.5. The zero-order valence-corrected chi connectivity index (χ0v) is 6.96. The molecule has 0 aromatic heterocycles. The Balaban J connectivity index is 3.22. The van der Waals surface area contributed by atoms with Crippen molar-refractivity contribution in [3.63, 3.8) is 0 Å². The van der Waals surface area contributed by atoms with Crippen molar-refractivity contribution in [3.05, 3.63) is 6.61 Å². The highest BCUT2D eigenvalue weighted by atomic mass is 17.2. The first-order chi connectivity index (χ1) is 4.92. The summed E-state index contributed by atoms with van der Waals surface area (Å²) in [4.78, 5) is 19.2. The minimum absolute atomic E-state index is 0.157. The second kappa shape index (κ2) is 4.31. The first-order valence-electron chi connectivity index (χ1n) is 3.30. The van der Waals surface area contributed by atoms with Crippen molar-refractivity contribution in [1.82, 2.24) is 0 Å². The molecule has 0 aliphatic heterocycles. The molecule has 4 heteroatoms. The van der Waals surface area contributed by atoms with Crippen molar-refractivity contribution in [3.8, 4) is 0 Å². The average Bonchev–Trinajstić information content (AvgIpc) is 1.78. The molecule has 0 aliphatic rings. The Labute approximate surface area is 66.0 Å². The molecule has 0 aromatic rings. The van der Waals surface area contributed by atoms with Crippen LogP contribution in [0.15, 0.2) is 0 Å². The fraction of sp³-hybridized carbons (Fsp3) is 0.714. The molecule has 0 heterocycles. The van der Waals surface area contributed by atoms with E-state index in [2.05, 4.69) is 4.89 Å². The van der Waals surface area contributed by atoms with Crippen LogP contribution in [-0.4, -0.2) is 16.7 Å². The highest BCUT2D eigenvalue weighted by Crippen LogP contribution is 2.08. The summed E-state index contributed by atoms with van der Waals surface area (Å²) in [6.45, 7) is 6.53. The maximum atomic E-state index is 9.96. The minimum Gasteiger partial charge on any atom is -0.481 e. The molecule has 0 rings (SSSR count). The van der Waals surface area contributed by atoms with Gasteiger partial charge in [0.05, 0.1) is 12.0 Å². The minimum atomic E-state index is -0.942. The molecule has 4 nitrogen and oxygen atoms in total. The molecule has 11 heavy (non-hydrogen) atoms. The molecule has 0 bridgehead atoms. The molecule has 65 valence electrons. The van der Waals surface area contributed by atoms with E-state index in [1.807, 2.05) is 20.8 Å². The number of carboxylic acid groups (broad SMARTS) is 1. The quantitative estimate of drug-likeness (QED) is 0.384. The first-order valence-corrected chi connectivity index (χ1v) is 3.30. The smallest absolute Gasteiger partial charge is 0.306 e. The highest BCUT2D eigenvalue weighted by Gasteiger charge is 2.11. The predicted octanol–water partition coefficient (Wildman–Crippen LogP) is 1.37. The van der Waals surface area contributed by atoms with Gasteiger partial charge in [-0.3, -0.25) is 4.79 Å².